The Balaban J connectivity index is 3.21. The summed E-state index contributed by atoms with van der Waals surface area (Å²) < 4.78 is 0. The van der Waals surface area contributed by atoms with Crippen LogP contribution in [0, 0.1) is 17.0 Å². The van der Waals surface area contributed by atoms with Gasteiger partial charge >= 0.3 is 0 Å². The van der Waals surface area contributed by atoms with Crippen molar-refractivity contribution in [2.75, 3.05) is 12.4 Å². The van der Waals surface area contributed by atoms with Gasteiger partial charge in [0.2, 0.25) is 0 Å². The SMILES string of the molecule is Cc1cccc(C(=O)N(C)C(C)CBr)c1[N+](=O)[O-]. The van der Waals surface area contributed by atoms with Gasteiger partial charge in [-0.1, -0.05) is 28.1 Å². The van der Waals surface area contributed by atoms with Crippen molar-refractivity contribution in [1.29, 1.82) is 0 Å². The molecule has 0 aromatic heterocycles. The minimum Gasteiger partial charge on any atom is -0.338 e. The molecular weight excluding hydrogens is 300 g/mol. The first kappa shape index (κ1) is 14.6. The molecule has 0 spiro atoms. The van der Waals surface area contributed by atoms with E-state index in [0.29, 0.717) is 10.9 Å². The first-order valence-electron chi connectivity index (χ1n) is 5.47. The molecule has 0 aliphatic heterocycles. The van der Waals surface area contributed by atoms with Crippen LogP contribution in [0.2, 0.25) is 0 Å². The third-order valence-corrected chi connectivity index (χ3v) is 3.79. The molecular formula is C12H15BrN2O3. The second kappa shape index (κ2) is 5.95. The summed E-state index contributed by atoms with van der Waals surface area (Å²) >= 11 is 3.29. The number of carbonyl (C=O) groups is 1. The topological polar surface area (TPSA) is 63.5 Å². The molecule has 5 nitrogen and oxygen atoms in total. The van der Waals surface area contributed by atoms with Gasteiger partial charge in [0.05, 0.1) is 4.92 Å². The smallest absolute Gasteiger partial charge is 0.285 e. The van der Waals surface area contributed by atoms with Crippen LogP contribution in [-0.2, 0) is 0 Å². The van der Waals surface area contributed by atoms with Gasteiger partial charge in [0.15, 0.2) is 0 Å². The summed E-state index contributed by atoms with van der Waals surface area (Å²) in [6.07, 6.45) is 0. The maximum Gasteiger partial charge on any atom is 0.285 e. The van der Waals surface area contributed by atoms with Gasteiger partial charge in [-0.05, 0) is 19.9 Å². The first-order valence-corrected chi connectivity index (χ1v) is 6.59. The van der Waals surface area contributed by atoms with Crippen molar-refractivity contribution in [3.63, 3.8) is 0 Å². The molecule has 98 valence electrons. The van der Waals surface area contributed by atoms with Crippen molar-refractivity contribution >= 4 is 27.5 Å². The van der Waals surface area contributed by atoms with Gasteiger partial charge in [-0.2, -0.15) is 0 Å². The number of rotatable bonds is 4. The normalized spacial score (nSPS) is 12.0. The van der Waals surface area contributed by atoms with Gasteiger partial charge < -0.3 is 4.90 Å². The van der Waals surface area contributed by atoms with Crippen molar-refractivity contribution in [2.24, 2.45) is 0 Å². The Labute approximate surface area is 114 Å². The average Bonchev–Trinajstić information content (AvgIpc) is 2.35. The van der Waals surface area contributed by atoms with E-state index in [1.54, 1.807) is 26.1 Å². The quantitative estimate of drug-likeness (QED) is 0.487. The minimum absolute atomic E-state index is 0.0300. The number of benzene rings is 1. The Morgan fingerprint density at radius 3 is 2.67 bits per heavy atom. The summed E-state index contributed by atoms with van der Waals surface area (Å²) in [6.45, 7) is 3.50. The molecule has 1 unspecified atom stereocenters. The number of para-hydroxylation sites is 1. The third-order valence-electron chi connectivity index (χ3n) is 2.86. The molecule has 0 aliphatic carbocycles. The van der Waals surface area contributed by atoms with E-state index in [4.69, 9.17) is 0 Å². The highest BCUT2D eigenvalue weighted by atomic mass is 79.9. The highest BCUT2D eigenvalue weighted by molar-refractivity contribution is 9.09. The number of nitro benzene ring substituents is 1. The lowest BCUT2D eigenvalue weighted by Gasteiger charge is -2.23. The van der Waals surface area contributed by atoms with Crippen LogP contribution in [0.25, 0.3) is 0 Å². The van der Waals surface area contributed by atoms with E-state index in [0.717, 1.165) is 0 Å². The predicted octanol–water partition coefficient (Wildman–Crippen LogP) is 2.76. The highest BCUT2D eigenvalue weighted by Crippen LogP contribution is 2.24. The number of hydrogen-bond donors (Lipinski definition) is 0. The Morgan fingerprint density at radius 1 is 1.56 bits per heavy atom. The standard InChI is InChI=1S/C12H15BrN2O3/c1-8-5-4-6-10(11(8)15(17)18)12(16)14(3)9(2)7-13/h4-6,9H,7H2,1-3H3. The maximum absolute atomic E-state index is 12.2. The Bertz CT molecular complexity index is 476. The highest BCUT2D eigenvalue weighted by Gasteiger charge is 2.26. The van der Waals surface area contributed by atoms with Crippen LogP contribution in [0.5, 0.6) is 0 Å². The average molecular weight is 315 g/mol. The molecule has 1 rings (SSSR count). The molecule has 1 aromatic carbocycles. The van der Waals surface area contributed by atoms with Crippen LogP contribution < -0.4 is 0 Å². The summed E-state index contributed by atoms with van der Waals surface area (Å²) in [5.74, 6) is -0.336. The van der Waals surface area contributed by atoms with Crippen molar-refractivity contribution < 1.29 is 9.72 Å². The maximum atomic E-state index is 12.2. The lowest BCUT2D eigenvalue weighted by atomic mass is 10.1. The summed E-state index contributed by atoms with van der Waals surface area (Å²) in [6, 6.07) is 4.74. The largest absolute Gasteiger partial charge is 0.338 e. The summed E-state index contributed by atoms with van der Waals surface area (Å²) in [4.78, 5) is 24.2. The van der Waals surface area contributed by atoms with Crippen LogP contribution in [0.1, 0.15) is 22.8 Å². The van der Waals surface area contributed by atoms with Crippen molar-refractivity contribution in [2.45, 2.75) is 19.9 Å². The number of amides is 1. The number of alkyl halides is 1. The first-order chi connectivity index (χ1) is 8.40. The van der Waals surface area contributed by atoms with Crippen LogP contribution in [0.3, 0.4) is 0 Å². The second-order valence-corrected chi connectivity index (χ2v) is 4.80. The minimum atomic E-state index is -0.505. The van der Waals surface area contributed by atoms with E-state index in [1.807, 2.05) is 6.92 Å². The summed E-state index contributed by atoms with van der Waals surface area (Å²) in [7, 11) is 1.64. The van der Waals surface area contributed by atoms with Crippen molar-refractivity contribution in [3.8, 4) is 0 Å². The molecule has 0 heterocycles. The van der Waals surface area contributed by atoms with Crippen molar-refractivity contribution in [1.82, 2.24) is 4.90 Å². The van der Waals surface area contributed by atoms with Gasteiger partial charge in [0.25, 0.3) is 11.6 Å². The molecule has 0 aliphatic rings. The van der Waals surface area contributed by atoms with Gasteiger partial charge in [0.1, 0.15) is 5.56 Å². The number of carbonyl (C=O) groups excluding carboxylic acids is 1. The van der Waals surface area contributed by atoms with E-state index in [2.05, 4.69) is 15.9 Å². The van der Waals surface area contributed by atoms with E-state index < -0.39 is 4.92 Å². The molecule has 0 fully saturated rings. The fraction of sp³-hybridized carbons (Fsp3) is 0.417. The lowest BCUT2D eigenvalue weighted by molar-refractivity contribution is -0.385. The summed E-state index contributed by atoms with van der Waals surface area (Å²) in [5.41, 5.74) is 0.511. The molecule has 1 aromatic rings. The number of hydrogen-bond acceptors (Lipinski definition) is 3. The van der Waals surface area contributed by atoms with Gasteiger partial charge in [-0.3, -0.25) is 14.9 Å². The fourth-order valence-corrected chi connectivity index (χ4v) is 2.00. The zero-order valence-electron chi connectivity index (χ0n) is 10.5. The monoisotopic (exact) mass is 314 g/mol. The third kappa shape index (κ3) is 2.87. The van der Waals surface area contributed by atoms with E-state index in [-0.39, 0.29) is 23.2 Å². The van der Waals surface area contributed by atoms with Crippen LogP contribution in [0.4, 0.5) is 5.69 Å². The zero-order valence-corrected chi connectivity index (χ0v) is 12.1. The van der Waals surface area contributed by atoms with Gasteiger partial charge in [-0.25, -0.2) is 0 Å². The fourth-order valence-electron chi connectivity index (χ4n) is 1.57. The molecule has 0 saturated carbocycles. The molecule has 18 heavy (non-hydrogen) atoms. The van der Waals surface area contributed by atoms with E-state index in [9.17, 15) is 14.9 Å². The Morgan fingerprint density at radius 2 is 2.17 bits per heavy atom. The van der Waals surface area contributed by atoms with Crippen LogP contribution >= 0.6 is 15.9 Å². The number of nitro groups is 1. The molecule has 0 radical (unpaired) electrons. The van der Waals surface area contributed by atoms with Gasteiger partial charge in [-0.15, -0.1) is 0 Å². The molecule has 1 amide bonds. The molecule has 1 atom stereocenters. The van der Waals surface area contributed by atoms with Crippen LogP contribution in [-0.4, -0.2) is 34.2 Å². The molecule has 0 saturated heterocycles. The number of nitrogens with zero attached hydrogens (tertiary/aromatic N) is 2. The summed E-state index contributed by atoms with van der Waals surface area (Å²) in [5, 5.41) is 11.7. The van der Waals surface area contributed by atoms with Crippen molar-refractivity contribution in [3.05, 3.63) is 39.4 Å². The number of halogens is 1. The lowest BCUT2D eigenvalue weighted by Crippen LogP contribution is -2.36. The predicted molar refractivity (Wildman–Crippen MR) is 73.2 cm³/mol. The zero-order chi connectivity index (χ0) is 13.9. The van der Waals surface area contributed by atoms with E-state index in [1.165, 1.54) is 11.0 Å². The van der Waals surface area contributed by atoms with E-state index >= 15 is 0 Å². The molecule has 0 N–H and O–H groups in total. The number of aryl methyl sites for hydroxylation is 1. The van der Waals surface area contributed by atoms with Crippen LogP contribution in [0.15, 0.2) is 18.2 Å². The molecule has 0 bridgehead atoms. The Hall–Kier alpha value is -1.43. The Kier molecular flexibility index (Phi) is 4.84. The van der Waals surface area contributed by atoms with Gasteiger partial charge in [0, 0.05) is 24.0 Å². The molecule has 6 heteroatoms. The second-order valence-electron chi connectivity index (χ2n) is 4.15.